The van der Waals surface area contributed by atoms with Crippen molar-refractivity contribution < 1.29 is 9.18 Å². The van der Waals surface area contributed by atoms with Crippen LogP contribution in [0.1, 0.15) is 31.7 Å². The molecular formula is C15H20FNO. The van der Waals surface area contributed by atoms with Gasteiger partial charge in [-0.3, -0.25) is 4.79 Å². The minimum absolute atomic E-state index is 0.227. The lowest BCUT2D eigenvalue weighted by atomic mass is 9.98. The van der Waals surface area contributed by atoms with Crippen LogP contribution >= 0.6 is 0 Å². The third-order valence-electron chi connectivity index (χ3n) is 3.68. The molecule has 0 spiro atoms. The average Bonchev–Trinajstić information content (AvgIpc) is 2.38. The molecule has 1 fully saturated rings. The number of benzene rings is 1. The van der Waals surface area contributed by atoms with Crippen LogP contribution in [0.25, 0.3) is 0 Å². The molecule has 2 nitrogen and oxygen atoms in total. The van der Waals surface area contributed by atoms with Gasteiger partial charge in [-0.05, 0) is 42.9 Å². The molecule has 1 aliphatic heterocycles. The average molecular weight is 249 g/mol. The molecule has 0 saturated carbocycles. The Labute approximate surface area is 108 Å². The Bertz CT molecular complexity index is 393. The maximum Gasteiger partial charge on any atom is 0.222 e. The summed E-state index contributed by atoms with van der Waals surface area (Å²) >= 11 is 0. The molecule has 0 atom stereocenters. The fraction of sp³-hybridized carbons (Fsp3) is 0.533. The Kier molecular flexibility index (Phi) is 4.34. The number of nitrogens with zero attached hydrogens (tertiary/aromatic N) is 1. The number of amides is 1. The zero-order valence-electron chi connectivity index (χ0n) is 10.9. The van der Waals surface area contributed by atoms with Crippen molar-refractivity contribution in [2.75, 3.05) is 13.1 Å². The number of piperidine rings is 1. The van der Waals surface area contributed by atoms with Crippen LogP contribution in [0.15, 0.2) is 24.3 Å². The third kappa shape index (κ3) is 3.56. The first-order chi connectivity index (χ1) is 8.65. The molecule has 0 bridgehead atoms. The SMILES string of the molecule is CC1CCN(C(=O)CCc2ccc(F)cc2)CC1. The van der Waals surface area contributed by atoms with E-state index in [1.54, 1.807) is 12.1 Å². The lowest BCUT2D eigenvalue weighted by molar-refractivity contribution is -0.132. The van der Waals surface area contributed by atoms with Gasteiger partial charge in [-0.15, -0.1) is 0 Å². The van der Waals surface area contributed by atoms with Crippen molar-refractivity contribution in [1.82, 2.24) is 4.90 Å². The number of carbonyl (C=O) groups is 1. The van der Waals surface area contributed by atoms with Crippen LogP contribution in [-0.4, -0.2) is 23.9 Å². The lowest BCUT2D eigenvalue weighted by Crippen LogP contribution is -2.37. The molecular weight excluding hydrogens is 229 g/mol. The topological polar surface area (TPSA) is 20.3 Å². The minimum Gasteiger partial charge on any atom is -0.343 e. The van der Waals surface area contributed by atoms with Crippen LogP contribution in [0.3, 0.4) is 0 Å². The van der Waals surface area contributed by atoms with E-state index in [0.717, 1.165) is 37.4 Å². The summed E-state index contributed by atoms with van der Waals surface area (Å²) in [5.41, 5.74) is 1.02. The number of aryl methyl sites for hydroxylation is 1. The van der Waals surface area contributed by atoms with E-state index in [2.05, 4.69) is 6.92 Å². The van der Waals surface area contributed by atoms with Gasteiger partial charge in [-0.1, -0.05) is 19.1 Å². The van der Waals surface area contributed by atoms with Crippen molar-refractivity contribution in [3.05, 3.63) is 35.6 Å². The first-order valence-electron chi connectivity index (χ1n) is 6.67. The predicted octanol–water partition coefficient (Wildman–Crippen LogP) is 3.02. The molecule has 1 aromatic carbocycles. The summed E-state index contributed by atoms with van der Waals surface area (Å²) in [6.45, 7) is 4.02. The van der Waals surface area contributed by atoms with Gasteiger partial charge in [0.2, 0.25) is 5.91 Å². The molecule has 1 heterocycles. The van der Waals surface area contributed by atoms with E-state index in [4.69, 9.17) is 0 Å². The van der Waals surface area contributed by atoms with E-state index in [9.17, 15) is 9.18 Å². The Hall–Kier alpha value is -1.38. The largest absolute Gasteiger partial charge is 0.343 e. The summed E-state index contributed by atoms with van der Waals surface area (Å²) in [4.78, 5) is 14.0. The number of rotatable bonds is 3. The molecule has 18 heavy (non-hydrogen) atoms. The van der Waals surface area contributed by atoms with Crippen LogP contribution in [0.2, 0.25) is 0 Å². The number of carbonyl (C=O) groups excluding carboxylic acids is 1. The van der Waals surface area contributed by atoms with Gasteiger partial charge in [0.1, 0.15) is 5.82 Å². The van der Waals surface area contributed by atoms with Gasteiger partial charge >= 0.3 is 0 Å². The van der Waals surface area contributed by atoms with Gasteiger partial charge in [0.15, 0.2) is 0 Å². The second kappa shape index (κ2) is 5.98. The highest BCUT2D eigenvalue weighted by molar-refractivity contribution is 5.76. The monoisotopic (exact) mass is 249 g/mol. The Morgan fingerprint density at radius 1 is 1.28 bits per heavy atom. The molecule has 0 unspecified atom stereocenters. The van der Waals surface area contributed by atoms with E-state index in [0.29, 0.717) is 12.8 Å². The minimum atomic E-state index is -0.227. The van der Waals surface area contributed by atoms with Gasteiger partial charge in [0, 0.05) is 19.5 Å². The van der Waals surface area contributed by atoms with Crippen LogP contribution in [0, 0.1) is 11.7 Å². The highest BCUT2D eigenvalue weighted by Gasteiger charge is 2.19. The summed E-state index contributed by atoms with van der Waals surface area (Å²) in [7, 11) is 0. The van der Waals surface area contributed by atoms with Crippen molar-refractivity contribution in [3.63, 3.8) is 0 Å². The fourth-order valence-electron chi connectivity index (χ4n) is 2.32. The van der Waals surface area contributed by atoms with E-state index in [1.165, 1.54) is 12.1 Å². The van der Waals surface area contributed by atoms with Crippen molar-refractivity contribution in [2.24, 2.45) is 5.92 Å². The molecule has 1 amide bonds. The van der Waals surface area contributed by atoms with Crippen LogP contribution < -0.4 is 0 Å². The van der Waals surface area contributed by atoms with E-state index >= 15 is 0 Å². The summed E-state index contributed by atoms with van der Waals surface area (Å²) in [6, 6.07) is 6.40. The van der Waals surface area contributed by atoms with Gasteiger partial charge < -0.3 is 4.90 Å². The lowest BCUT2D eigenvalue weighted by Gasteiger charge is -2.30. The molecule has 98 valence electrons. The summed E-state index contributed by atoms with van der Waals surface area (Å²) in [6.07, 6.45) is 3.45. The normalized spacial score (nSPS) is 16.9. The van der Waals surface area contributed by atoms with E-state index in [1.807, 2.05) is 4.90 Å². The van der Waals surface area contributed by atoms with Crippen molar-refractivity contribution in [1.29, 1.82) is 0 Å². The number of halogens is 1. The molecule has 1 aromatic rings. The molecule has 2 rings (SSSR count). The molecule has 0 aromatic heterocycles. The molecule has 0 N–H and O–H groups in total. The highest BCUT2D eigenvalue weighted by atomic mass is 19.1. The third-order valence-corrected chi connectivity index (χ3v) is 3.68. The smallest absolute Gasteiger partial charge is 0.222 e. The van der Waals surface area contributed by atoms with Gasteiger partial charge in [0.05, 0.1) is 0 Å². The van der Waals surface area contributed by atoms with Gasteiger partial charge in [0.25, 0.3) is 0 Å². The Balaban J connectivity index is 1.79. The highest BCUT2D eigenvalue weighted by Crippen LogP contribution is 2.17. The Morgan fingerprint density at radius 2 is 1.89 bits per heavy atom. The summed E-state index contributed by atoms with van der Waals surface area (Å²) < 4.78 is 12.7. The van der Waals surface area contributed by atoms with Gasteiger partial charge in [-0.25, -0.2) is 4.39 Å². The molecule has 3 heteroatoms. The molecule has 1 saturated heterocycles. The van der Waals surface area contributed by atoms with Crippen molar-refractivity contribution >= 4 is 5.91 Å². The first-order valence-corrected chi connectivity index (χ1v) is 6.67. The molecule has 1 aliphatic rings. The van der Waals surface area contributed by atoms with Crippen molar-refractivity contribution in [2.45, 2.75) is 32.6 Å². The zero-order chi connectivity index (χ0) is 13.0. The second-order valence-electron chi connectivity index (χ2n) is 5.19. The maximum atomic E-state index is 12.7. The van der Waals surface area contributed by atoms with Crippen LogP contribution in [0.4, 0.5) is 4.39 Å². The Morgan fingerprint density at radius 3 is 2.50 bits per heavy atom. The number of likely N-dealkylation sites (tertiary alicyclic amines) is 1. The van der Waals surface area contributed by atoms with Crippen LogP contribution in [-0.2, 0) is 11.2 Å². The predicted molar refractivity (Wildman–Crippen MR) is 69.7 cm³/mol. The van der Waals surface area contributed by atoms with E-state index < -0.39 is 0 Å². The maximum absolute atomic E-state index is 12.7. The van der Waals surface area contributed by atoms with Crippen LogP contribution in [0.5, 0.6) is 0 Å². The second-order valence-corrected chi connectivity index (χ2v) is 5.19. The van der Waals surface area contributed by atoms with Gasteiger partial charge in [-0.2, -0.15) is 0 Å². The summed E-state index contributed by atoms with van der Waals surface area (Å²) in [5, 5.41) is 0. The number of hydrogen-bond acceptors (Lipinski definition) is 1. The van der Waals surface area contributed by atoms with Crippen molar-refractivity contribution in [3.8, 4) is 0 Å². The molecule has 0 aliphatic carbocycles. The first kappa shape index (κ1) is 13.1. The summed E-state index contributed by atoms with van der Waals surface area (Å²) in [5.74, 6) is 0.743. The fourth-order valence-corrected chi connectivity index (χ4v) is 2.32. The quantitative estimate of drug-likeness (QED) is 0.806. The molecule has 0 radical (unpaired) electrons. The number of hydrogen-bond donors (Lipinski definition) is 0. The van der Waals surface area contributed by atoms with E-state index in [-0.39, 0.29) is 11.7 Å². The zero-order valence-corrected chi connectivity index (χ0v) is 10.9. The standard InChI is InChI=1S/C15H20FNO/c1-12-8-10-17(11-9-12)15(18)7-4-13-2-5-14(16)6-3-13/h2-3,5-6,12H,4,7-11H2,1H3.